The van der Waals surface area contributed by atoms with Crippen LogP contribution in [0, 0.1) is 0 Å². The van der Waals surface area contributed by atoms with Crippen LogP contribution < -0.4 is 10.2 Å². The third kappa shape index (κ3) is 4.08. The Morgan fingerprint density at radius 1 is 0.880 bits per heavy atom. The molecule has 1 N–H and O–H groups in total. The largest absolute Gasteiger partial charge is 0.356 e. The zero-order valence-corrected chi connectivity index (χ0v) is 15.8. The topological polar surface area (TPSA) is 44.3 Å². The number of hydrogen-bond donors (Lipinski definition) is 1. The smallest absolute Gasteiger partial charge is 0.225 e. The molecular formula is C20H33N5. The molecule has 25 heavy (non-hydrogen) atoms. The van der Waals surface area contributed by atoms with Gasteiger partial charge in [-0.2, -0.15) is 4.98 Å². The predicted molar refractivity (Wildman–Crippen MR) is 103 cm³/mol. The SMILES string of the molecule is CN1CCCC(Nc2nc3c(c(N4CCCCCC4)n2)CCCC3)C1. The van der Waals surface area contributed by atoms with Gasteiger partial charge in [0.1, 0.15) is 5.82 Å². The van der Waals surface area contributed by atoms with Gasteiger partial charge in [-0.25, -0.2) is 4.98 Å². The van der Waals surface area contributed by atoms with E-state index in [9.17, 15) is 0 Å². The summed E-state index contributed by atoms with van der Waals surface area (Å²) in [6, 6.07) is 0.484. The summed E-state index contributed by atoms with van der Waals surface area (Å²) in [6.07, 6.45) is 12.7. The molecule has 3 heterocycles. The van der Waals surface area contributed by atoms with E-state index in [1.165, 1.54) is 75.0 Å². The van der Waals surface area contributed by atoms with Crippen molar-refractivity contribution in [2.24, 2.45) is 0 Å². The molecular weight excluding hydrogens is 310 g/mol. The summed E-state index contributed by atoms with van der Waals surface area (Å²) < 4.78 is 0. The molecule has 1 aliphatic carbocycles. The molecule has 0 bridgehead atoms. The normalized spacial score (nSPS) is 25.3. The van der Waals surface area contributed by atoms with Crippen LogP contribution in [-0.2, 0) is 12.8 Å². The summed E-state index contributed by atoms with van der Waals surface area (Å²) in [5.74, 6) is 2.12. The molecule has 4 rings (SSSR count). The Bertz CT molecular complexity index is 580. The molecule has 0 amide bonds. The van der Waals surface area contributed by atoms with Gasteiger partial charge in [-0.1, -0.05) is 12.8 Å². The van der Waals surface area contributed by atoms with E-state index in [1.54, 1.807) is 0 Å². The van der Waals surface area contributed by atoms with Crippen LogP contribution in [0.15, 0.2) is 0 Å². The number of nitrogens with one attached hydrogen (secondary N) is 1. The van der Waals surface area contributed by atoms with E-state index in [0.717, 1.165) is 38.4 Å². The second-order valence-electron chi connectivity index (χ2n) is 8.15. The van der Waals surface area contributed by atoms with Crippen LogP contribution in [-0.4, -0.2) is 54.1 Å². The Morgan fingerprint density at radius 2 is 1.68 bits per heavy atom. The Hall–Kier alpha value is -1.36. The summed E-state index contributed by atoms with van der Waals surface area (Å²) in [6.45, 7) is 4.63. The highest BCUT2D eigenvalue weighted by atomic mass is 15.2. The number of piperidine rings is 1. The van der Waals surface area contributed by atoms with Crippen molar-refractivity contribution in [2.75, 3.05) is 43.4 Å². The molecule has 138 valence electrons. The molecule has 5 nitrogen and oxygen atoms in total. The first kappa shape index (κ1) is 17.1. The number of aryl methyl sites for hydroxylation is 1. The fourth-order valence-corrected chi connectivity index (χ4v) is 4.65. The van der Waals surface area contributed by atoms with Gasteiger partial charge in [0.25, 0.3) is 0 Å². The van der Waals surface area contributed by atoms with Gasteiger partial charge in [-0.15, -0.1) is 0 Å². The average molecular weight is 344 g/mol. The van der Waals surface area contributed by atoms with Crippen molar-refractivity contribution in [3.8, 4) is 0 Å². The third-order valence-electron chi connectivity index (χ3n) is 6.02. The summed E-state index contributed by atoms with van der Waals surface area (Å²) in [5.41, 5.74) is 2.76. The maximum atomic E-state index is 5.06. The number of nitrogens with zero attached hydrogens (tertiary/aromatic N) is 4. The van der Waals surface area contributed by atoms with Gasteiger partial charge in [0.2, 0.25) is 5.95 Å². The molecule has 2 aliphatic heterocycles. The van der Waals surface area contributed by atoms with Crippen molar-refractivity contribution in [3.63, 3.8) is 0 Å². The van der Waals surface area contributed by atoms with Crippen LogP contribution in [0.3, 0.4) is 0 Å². The zero-order valence-electron chi connectivity index (χ0n) is 15.8. The predicted octanol–water partition coefficient (Wildman–Crippen LogP) is 3.24. The van der Waals surface area contributed by atoms with Gasteiger partial charge in [-0.3, -0.25) is 0 Å². The van der Waals surface area contributed by atoms with E-state index in [1.807, 2.05) is 0 Å². The molecule has 5 heteroatoms. The minimum Gasteiger partial charge on any atom is -0.356 e. The second-order valence-corrected chi connectivity index (χ2v) is 8.15. The number of hydrogen-bond acceptors (Lipinski definition) is 5. The van der Waals surface area contributed by atoms with E-state index in [-0.39, 0.29) is 0 Å². The first-order valence-corrected chi connectivity index (χ1v) is 10.4. The fraction of sp³-hybridized carbons (Fsp3) is 0.800. The first-order valence-electron chi connectivity index (χ1n) is 10.4. The number of aromatic nitrogens is 2. The van der Waals surface area contributed by atoms with E-state index in [0.29, 0.717) is 6.04 Å². The molecule has 2 fully saturated rings. The Morgan fingerprint density at radius 3 is 2.48 bits per heavy atom. The van der Waals surface area contributed by atoms with Crippen molar-refractivity contribution in [2.45, 2.75) is 70.3 Å². The van der Waals surface area contributed by atoms with Gasteiger partial charge in [0.05, 0.1) is 5.69 Å². The summed E-state index contributed by atoms with van der Waals surface area (Å²) in [7, 11) is 2.21. The molecule has 0 aromatic carbocycles. The van der Waals surface area contributed by atoms with E-state index < -0.39 is 0 Å². The lowest BCUT2D eigenvalue weighted by Gasteiger charge is -2.32. The molecule has 1 atom stereocenters. The molecule has 3 aliphatic rings. The Balaban J connectivity index is 1.60. The quantitative estimate of drug-likeness (QED) is 0.913. The van der Waals surface area contributed by atoms with Crippen molar-refractivity contribution in [1.29, 1.82) is 0 Å². The lowest BCUT2D eigenvalue weighted by atomic mass is 9.96. The highest BCUT2D eigenvalue weighted by Gasteiger charge is 2.24. The minimum absolute atomic E-state index is 0.484. The van der Waals surface area contributed by atoms with E-state index in [4.69, 9.17) is 9.97 Å². The summed E-state index contributed by atoms with van der Waals surface area (Å²) >= 11 is 0. The number of likely N-dealkylation sites (N-methyl/N-ethyl adjacent to an activating group) is 1. The second kappa shape index (κ2) is 7.90. The van der Waals surface area contributed by atoms with E-state index in [2.05, 4.69) is 22.2 Å². The highest BCUT2D eigenvalue weighted by molar-refractivity contribution is 5.54. The Labute approximate surface area is 152 Å². The molecule has 2 saturated heterocycles. The van der Waals surface area contributed by atoms with E-state index >= 15 is 0 Å². The molecule has 0 saturated carbocycles. The summed E-state index contributed by atoms with van der Waals surface area (Å²) in [5, 5.41) is 3.67. The van der Waals surface area contributed by atoms with Gasteiger partial charge >= 0.3 is 0 Å². The number of fused-ring (bicyclic) bond motifs is 1. The number of likely N-dealkylation sites (tertiary alicyclic amines) is 1. The lowest BCUT2D eigenvalue weighted by molar-refractivity contribution is 0.260. The Kier molecular flexibility index (Phi) is 5.39. The monoisotopic (exact) mass is 343 g/mol. The standard InChI is InChI=1S/C20H33N5/c1-24-12-8-9-16(15-24)21-20-22-18-11-5-4-10-17(18)19(23-20)25-13-6-2-3-7-14-25/h16H,2-15H2,1H3,(H,21,22,23). The third-order valence-corrected chi connectivity index (χ3v) is 6.02. The van der Waals surface area contributed by atoms with Crippen LogP contribution in [0.2, 0.25) is 0 Å². The molecule has 0 radical (unpaired) electrons. The van der Waals surface area contributed by atoms with Gasteiger partial charge in [0.15, 0.2) is 0 Å². The molecule has 1 aromatic heterocycles. The van der Waals surface area contributed by atoms with Crippen molar-refractivity contribution in [3.05, 3.63) is 11.3 Å². The minimum atomic E-state index is 0.484. The molecule has 1 aromatic rings. The van der Waals surface area contributed by atoms with Crippen LogP contribution in [0.4, 0.5) is 11.8 Å². The lowest BCUT2D eigenvalue weighted by Crippen LogP contribution is -2.40. The number of anilines is 2. The van der Waals surface area contributed by atoms with Crippen LogP contribution in [0.5, 0.6) is 0 Å². The number of rotatable bonds is 3. The van der Waals surface area contributed by atoms with Gasteiger partial charge in [0, 0.05) is 31.2 Å². The summed E-state index contributed by atoms with van der Waals surface area (Å²) in [4.78, 5) is 15.0. The van der Waals surface area contributed by atoms with Crippen molar-refractivity contribution >= 4 is 11.8 Å². The highest BCUT2D eigenvalue weighted by Crippen LogP contribution is 2.31. The van der Waals surface area contributed by atoms with Gasteiger partial charge < -0.3 is 15.1 Å². The zero-order chi connectivity index (χ0) is 17.1. The van der Waals surface area contributed by atoms with Crippen molar-refractivity contribution in [1.82, 2.24) is 14.9 Å². The van der Waals surface area contributed by atoms with Crippen LogP contribution in [0.25, 0.3) is 0 Å². The maximum absolute atomic E-state index is 5.06. The molecule has 0 spiro atoms. The van der Waals surface area contributed by atoms with Crippen LogP contribution >= 0.6 is 0 Å². The van der Waals surface area contributed by atoms with Crippen LogP contribution in [0.1, 0.15) is 62.6 Å². The van der Waals surface area contributed by atoms with Crippen molar-refractivity contribution < 1.29 is 0 Å². The first-order chi connectivity index (χ1) is 12.3. The fourth-order valence-electron chi connectivity index (χ4n) is 4.65. The maximum Gasteiger partial charge on any atom is 0.225 e. The molecule has 1 unspecified atom stereocenters. The van der Waals surface area contributed by atoms with Gasteiger partial charge in [-0.05, 0) is 65.0 Å². The average Bonchev–Trinajstić information content (AvgIpc) is 2.90.